The Bertz CT molecular complexity index is 473. The van der Waals surface area contributed by atoms with Crippen molar-refractivity contribution in [2.45, 2.75) is 45.3 Å². The van der Waals surface area contributed by atoms with Crippen molar-refractivity contribution in [1.29, 1.82) is 0 Å². The van der Waals surface area contributed by atoms with Crippen molar-refractivity contribution in [1.82, 2.24) is 0 Å². The van der Waals surface area contributed by atoms with E-state index >= 15 is 0 Å². The second-order valence-electron chi connectivity index (χ2n) is 5.29. The molecular weight excluding hydrogens is 240 g/mol. The van der Waals surface area contributed by atoms with Crippen molar-refractivity contribution in [3.8, 4) is 0 Å². The van der Waals surface area contributed by atoms with Crippen LogP contribution in [0.2, 0.25) is 0 Å². The average molecular weight is 262 g/mol. The monoisotopic (exact) mass is 262 g/mol. The highest BCUT2D eigenvalue weighted by molar-refractivity contribution is 5.96. The molecule has 1 heterocycles. The van der Waals surface area contributed by atoms with Crippen molar-refractivity contribution in [3.63, 3.8) is 0 Å². The first kappa shape index (κ1) is 13.9. The summed E-state index contributed by atoms with van der Waals surface area (Å²) in [4.78, 5) is 14.3. The first-order valence-electron chi connectivity index (χ1n) is 6.76. The topological polar surface area (TPSA) is 55.6 Å². The van der Waals surface area contributed by atoms with Crippen molar-refractivity contribution >= 4 is 17.3 Å². The number of hydrogen-bond donors (Lipinski definition) is 1. The molecule has 1 aromatic rings. The SMILES string of the molecule is COC(C)CCC(=O)N1c2ccc(N)cc2CC1C. The maximum absolute atomic E-state index is 12.4. The predicted octanol–water partition coefficient (Wildman–Crippen LogP) is 2.36. The van der Waals surface area contributed by atoms with Crippen LogP contribution in [-0.2, 0) is 16.0 Å². The summed E-state index contributed by atoms with van der Waals surface area (Å²) in [5.41, 5.74) is 8.73. The number of nitrogen functional groups attached to an aromatic ring is 1. The van der Waals surface area contributed by atoms with E-state index in [0.29, 0.717) is 6.42 Å². The summed E-state index contributed by atoms with van der Waals surface area (Å²) in [5, 5.41) is 0. The Morgan fingerprint density at radius 3 is 3.00 bits per heavy atom. The van der Waals surface area contributed by atoms with Crippen molar-refractivity contribution in [2.24, 2.45) is 0 Å². The molecule has 2 rings (SSSR count). The van der Waals surface area contributed by atoms with Gasteiger partial charge in [0.1, 0.15) is 0 Å². The van der Waals surface area contributed by atoms with Gasteiger partial charge < -0.3 is 15.4 Å². The Labute approximate surface area is 114 Å². The summed E-state index contributed by atoms with van der Waals surface area (Å²) in [6.07, 6.45) is 2.27. The number of fused-ring (bicyclic) bond motifs is 1. The van der Waals surface area contributed by atoms with Gasteiger partial charge in [0.15, 0.2) is 0 Å². The van der Waals surface area contributed by atoms with Gasteiger partial charge in [-0.05, 0) is 50.5 Å². The lowest BCUT2D eigenvalue weighted by atomic mass is 10.1. The predicted molar refractivity (Wildman–Crippen MR) is 77.2 cm³/mol. The summed E-state index contributed by atoms with van der Waals surface area (Å²) in [7, 11) is 1.67. The Kier molecular flexibility index (Phi) is 4.10. The molecule has 0 aromatic heterocycles. The molecule has 0 fully saturated rings. The number of rotatable bonds is 4. The molecule has 4 heteroatoms. The van der Waals surface area contributed by atoms with Gasteiger partial charge in [0, 0.05) is 30.9 Å². The Morgan fingerprint density at radius 1 is 1.58 bits per heavy atom. The molecule has 0 radical (unpaired) electrons. The average Bonchev–Trinajstić information content (AvgIpc) is 2.70. The molecule has 0 bridgehead atoms. The van der Waals surface area contributed by atoms with Gasteiger partial charge >= 0.3 is 0 Å². The standard InChI is InChI=1S/C15H22N2O2/c1-10-8-12-9-13(16)5-6-14(12)17(10)15(18)7-4-11(2)19-3/h5-6,9-11H,4,7-8,16H2,1-3H3. The number of ether oxygens (including phenoxy) is 1. The van der Waals surface area contributed by atoms with Crippen LogP contribution in [0, 0.1) is 0 Å². The Hall–Kier alpha value is -1.55. The fourth-order valence-electron chi connectivity index (χ4n) is 2.60. The molecule has 2 atom stereocenters. The van der Waals surface area contributed by atoms with E-state index in [-0.39, 0.29) is 18.1 Å². The van der Waals surface area contributed by atoms with Crippen LogP contribution in [0.4, 0.5) is 11.4 Å². The molecule has 1 aliphatic rings. The van der Waals surface area contributed by atoms with Crippen molar-refractivity contribution < 1.29 is 9.53 Å². The van der Waals surface area contributed by atoms with E-state index in [9.17, 15) is 4.79 Å². The molecule has 1 aromatic carbocycles. The summed E-state index contributed by atoms with van der Waals surface area (Å²) < 4.78 is 5.19. The summed E-state index contributed by atoms with van der Waals surface area (Å²) in [6.45, 7) is 4.06. The van der Waals surface area contributed by atoms with E-state index in [1.54, 1.807) is 7.11 Å². The molecular formula is C15H22N2O2. The maximum atomic E-state index is 12.4. The highest BCUT2D eigenvalue weighted by Crippen LogP contribution is 2.34. The second-order valence-corrected chi connectivity index (χ2v) is 5.29. The minimum Gasteiger partial charge on any atom is -0.399 e. The molecule has 0 spiro atoms. The number of benzene rings is 1. The molecule has 1 amide bonds. The third-order valence-electron chi connectivity index (χ3n) is 3.75. The number of nitrogens with zero attached hydrogens (tertiary/aromatic N) is 1. The van der Waals surface area contributed by atoms with Gasteiger partial charge in [-0.15, -0.1) is 0 Å². The third kappa shape index (κ3) is 2.89. The zero-order chi connectivity index (χ0) is 14.0. The second kappa shape index (κ2) is 5.61. The first-order chi connectivity index (χ1) is 9.02. The Morgan fingerprint density at radius 2 is 2.32 bits per heavy atom. The van der Waals surface area contributed by atoms with Crippen LogP contribution in [0.25, 0.3) is 0 Å². The van der Waals surface area contributed by atoms with Gasteiger partial charge in [0.25, 0.3) is 0 Å². The lowest BCUT2D eigenvalue weighted by molar-refractivity contribution is -0.119. The van der Waals surface area contributed by atoms with Gasteiger partial charge in [-0.25, -0.2) is 0 Å². The van der Waals surface area contributed by atoms with Gasteiger partial charge in [-0.1, -0.05) is 0 Å². The molecule has 2 N–H and O–H groups in total. The molecule has 0 aliphatic carbocycles. The Balaban J connectivity index is 2.11. The molecule has 0 saturated heterocycles. The smallest absolute Gasteiger partial charge is 0.227 e. The lowest BCUT2D eigenvalue weighted by Crippen LogP contribution is -2.36. The number of methoxy groups -OCH3 is 1. The zero-order valence-electron chi connectivity index (χ0n) is 11.8. The maximum Gasteiger partial charge on any atom is 0.227 e. The molecule has 0 saturated carbocycles. The van der Waals surface area contributed by atoms with Crippen LogP contribution in [0.3, 0.4) is 0 Å². The number of hydrogen-bond acceptors (Lipinski definition) is 3. The van der Waals surface area contributed by atoms with E-state index in [1.165, 1.54) is 5.56 Å². The highest BCUT2D eigenvalue weighted by atomic mass is 16.5. The van der Waals surface area contributed by atoms with Crippen LogP contribution < -0.4 is 10.6 Å². The van der Waals surface area contributed by atoms with Crippen molar-refractivity contribution in [3.05, 3.63) is 23.8 Å². The largest absolute Gasteiger partial charge is 0.399 e. The number of carbonyl (C=O) groups excluding carboxylic acids is 1. The van der Waals surface area contributed by atoms with Crippen molar-refractivity contribution in [2.75, 3.05) is 17.7 Å². The molecule has 4 nitrogen and oxygen atoms in total. The van der Waals surface area contributed by atoms with Crippen LogP contribution in [0.15, 0.2) is 18.2 Å². The number of carbonyl (C=O) groups is 1. The fraction of sp³-hybridized carbons (Fsp3) is 0.533. The molecule has 2 unspecified atom stereocenters. The van der Waals surface area contributed by atoms with Crippen LogP contribution in [0.1, 0.15) is 32.3 Å². The minimum absolute atomic E-state index is 0.118. The van der Waals surface area contributed by atoms with E-state index in [2.05, 4.69) is 6.92 Å². The van der Waals surface area contributed by atoms with Crippen LogP contribution in [0.5, 0.6) is 0 Å². The third-order valence-corrected chi connectivity index (χ3v) is 3.75. The molecule has 19 heavy (non-hydrogen) atoms. The summed E-state index contributed by atoms with van der Waals surface area (Å²) in [6, 6.07) is 5.99. The quantitative estimate of drug-likeness (QED) is 0.847. The lowest BCUT2D eigenvalue weighted by Gasteiger charge is -2.23. The highest BCUT2D eigenvalue weighted by Gasteiger charge is 2.30. The van der Waals surface area contributed by atoms with Gasteiger partial charge in [0.2, 0.25) is 5.91 Å². The number of amides is 1. The normalized spacial score (nSPS) is 19.3. The summed E-state index contributed by atoms with van der Waals surface area (Å²) in [5.74, 6) is 0.167. The van der Waals surface area contributed by atoms with E-state index in [1.807, 2.05) is 30.0 Å². The van der Waals surface area contributed by atoms with Gasteiger partial charge in [0.05, 0.1) is 6.10 Å². The number of nitrogens with two attached hydrogens (primary N) is 1. The number of anilines is 2. The van der Waals surface area contributed by atoms with Crippen LogP contribution in [-0.4, -0.2) is 25.2 Å². The molecule has 1 aliphatic heterocycles. The first-order valence-corrected chi connectivity index (χ1v) is 6.76. The fourth-order valence-corrected chi connectivity index (χ4v) is 2.60. The minimum atomic E-state index is 0.118. The van der Waals surface area contributed by atoms with Gasteiger partial charge in [-0.3, -0.25) is 4.79 Å². The summed E-state index contributed by atoms with van der Waals surface area (Å²) >= 11 is 0. The van der Waals surface area contributed by atoms with E-state index < -0.39 is 0 Å². The van der Waals surface area contributed by atoms with E-state index in [4.69, 9.17) is 10.5 Å². The van der Waals surface area contributed by atoms with E-state index in [0.717, 1.165) is 24.2 Å². The van der Waals surface area contributed by atoms with Gasteiger partial charge in [-0.2, -0.15) is 0 Å². The van der Waals surface area contributed by atoms with Crippen LogP contribution >= 0.6 is 0 Å². The molecule has 104 valence electrons. The zero-order valence-corrected chi connectivity index (χ0v) is 11.8.